The van der Waals surface area contributed by atoms with E-state index in [1.807, 2.05) is 37.3 Å². The zero-order chi connectivity index (χ0) is 19.3. The van der Waals surface area contributed by atoms with Crippen LogP contribution in [0.4, 0.5) is 16.4 Å². The van der Waals surface area contributed by atoms with E-state index in [1.54, 1.807) is 10.7 Å². The summed E-state index contributed by atoms with van der Waals surface area (Å²) in [6.45, 7) is 3.50. The lowest BCUT2D eigenvalue weighted by atomic mass is 10.0. The van der Waals surface area contributed by atoms with E-state index in [-0.39, 0.29) is 6.03 Å². The Hall–Kier alpha value is -3.10. The standard InChI is InChI=1S/C19H24N8O/c1-11-21-17-15(3-5-20-17)18(22-11)23-14-7-12-9-27(10-13(12)8-14)19(28)24-16-4-6-26(2)25-16/h3-6,12-14H,7-10H2,1-2H3,(H,24,25,28)(H2,20,21,22,23)/t12-,13+,14?. The normalized spacial score (nSPS) is 23.9. The van der Waals surface area contributed by atoms with Gasteiger partial charge in [-0.05, 0) is 37.7 Å². The second-order valence-corrected chi connectivity index (χ2v) is 7.90. The third-order valence-corrected chi connectivity index (χ3v) is 5.86. The molecule has 3 atom stereocenters. The average molecular weight is 380 g/mol. The summed E-state index contributed by atoms with van der Waals surface area (Å²) in [4.78, 5) is 26.6. The number of hydrogen-bond acceptors (Lipinski definition) is 5. The first-order valence-electron chi connectivity index (χ1n) is 9.69. The maximum absolute atomic E-state index is 12.5. The van der Waals surface area contributed by atoms with Crippen LogP contribution >= 0.6 is 0 Å². The molecule has 4 heterocycles. The van der Waals surface area contributed by atoms with Gasteiger partial charge in [0.1, 0.15) is 17.3 Å². The molecule has 1 unspecified atom stereocenters. The highest BCUT2D eigenvalue weighted by Gasteiger charge is 2.42. The Morgan fingerprint density at radius 3 is 2.71 bits per heavy atom. The van der Waals surface area contributed by atoms with Crippen LogP contribution in [0.15, 0.2) is 24.5 Å². The number of carbonyl (C=O) groups is 1. The van der Waals surface area contributed by atoms with Crippen molar-refractivity contribution in [3.05, 3.63) is 30.4 Å². The number of likely N-dealkylation sites (tertiary alicyclic amines) is 1. The number of H-pyrrole nitrogens is 1. The van der Waals surface area contributed by atoms with Crippen LogP contribution in [0, 0.1) is 18.8 Å². The lowest BCUT2D eigenvalue weighted by molar-refractivity contribution is 0.218. The molecule has 0 aromatic carbocycles. The van der Waals surface area contributed by atoms with Crippen molar-refractivity contribution in [2.45, 2.75) is 25.8 Å². The molecule has 9 heteroatoms. The number of nitrogens with one attached hydrogen (secondary N) is 3. The van der Waals surface area contributed by atoms with Crippen LogP contribution in [0.1, 0.15) is 18.7 Å². The summed E-state index contributed by atoms with van der Waals surface area (Å²) in [5.74, 6) is 3.30. The molecule has 1 aliphatic carbocycles. The number of amides is 2. The van der Waals surface area contributed by atoms with Crippen molar-refractivity contribution >= 4 is 28.7 Å². The van der Waals surface area contributed by atoms with E-state index >= 15 is 0 Å². The van der Waals surface area contributed by atoms with Gasteiger partial charge in [-0.3, -0.25) is 10.00 Å². The number of urea groups is 1. The highest BCUT2D eigenvalue weighted by atomic mass is 16.2. The van der Waals surface area contributed by atoms with Crippen LogP contribution in [0.25, 0.3) is 11.0 Å². The number of carbonyl (C=O) groups excluding carboxylic acids is 1. The van der Waals surface area contributed by atoms with Crippen molar-refractivity contribution in [2.75, 3.05) is 23.7 Å². The van der Waals surface area contributed by atoms with Crippen LogP contribution in [0.3, 0.4) is 0 Å². The van der Waals surface area contributed by atoms with Gasteiger partial charge in [0.15, 0.2) is 5.82 Å². The molecule has 1 aliphatic heterocycles. The molecule has 2 fully saturated rings. The Kier molecular flexibility index (Phi) is 3.96. The third kappa shape index (κ3) is 3.06. The van der Waals surface area contributed by atoms with Gasteiger partial charge in [-0.2, -0.15) is 5.10 Å². The van der Waals surface area contributed by atoms with Gasteiger partial charge in [0.05, 0.1) is 5.39 Å². The number of nitrogens with zero attached hydrogens (tertiary/aromatic N) is 5. The van der Waals surface area contributed by atoms with Crippen LogP contribution in [0.5, 0.6) is 0 Å². The number of aryl methyl sites for hydroxylation is 2. The third-order valence-electron chi connectivity index (χ3n) is 5.86. The van der Waals surface area contributed by atoms with Crippen molar-refractivity contribution in [3.63, 3.8) is 0 Å². The second kappa shape index (κ2) is 6.50. The predicted molar refractivity (Wildman–Crippen MR) is 106 cm³/mol. The van der Waals surface area contributed by atoms with Gasteiger partial charge >= 0.3 is 6.03 Å². The molecule has 28 heavy (non-hydrogen) atoms. The van der Waals surface area contributed by atoms with E-state index < -0.39 is 0 Å². The minimum atomic E-state index is -0.0573. The zero-order valence-corrected chi connectivity index (χ0v) is 16.0. The molecule has 9 nitrogen and oxygen atoms in total. The van der Waals surface area contributed by atoms with E-state index in [4.69, 9.17) is 0 Å². The fourth-order valence-corrected chi connectivity index (χ4v) is 4.61. The van der Waals surface area contributed by atoms with Gasteiger partial charge in [-0.15, -0.1) is 0 Å². The van der Waals surface area contributed by atoms with Gasteiger partial charge < -0.3 is 15.2 Å². The minimum absolute atomic E-state index is 0.0573. The molecule has 2 amide bonds. The average Bonchev–Trinajstić information content (AvgIpc) is 3.38. The molecule has 3 aromatic heterocycles. The van der Waals surface area contributed by atoms with E-state index in [2.05, 4.69) is 30.7 Å². The highest BCUT2D eigenvalue weighted by molar-refractivity contribution is 5.88. The van der Waals surface area contributed by atoms with E-state index in [1.165, 1.54) is 0 Å². The van der Waals surface area contributed by atoms with Gasteiger partial charge in [0.2, 0.25) is 0 Å². The first-order chi connectivity index (χ1) is 13.5. The van der Waals surface area contributed by atoms with Crippen LogP contribution < -0.4 is 10.6 Å². The van der Waals surface area contributed by atoms with E-state index in [0.29, 0.717) is 23.7 Å². The molecule has 0 radical (unpaired) electrons. The first kappa shape index (κ1) is 17.0. The molecular weight excluding hydrogens is 356 g/mol. The summed E-state index contributed by atoms with van der Waals surface area (Å²) in [5.41, 5.74) is 0.866. The number of aromatic amines is 1. The van der Waals surface area contributed by atoms with Crippen molar-refractivity contribution in [3.8, 4) is 0 Å². The summed E-state index contributed by atoms with van der Waals surface area (Å²) >= 11 is 0. The zero-order valence-electron chi connectivity index (χ0n) is 16.0. The monoisotopic (exact) mass is 380 g/mol. The topological polar surface area (TPSA) is 104 Å². The van der Waals surface area contributed by atoms with Gasteiger partial charge in [0, 0.05) is 44.6 Å². The molecule has 146 valence electrons. The SMILES string of the molecule is Cc1nc(NC2C[C@@H]3CN(C(=O)Nc4ccn(C)n4)C[C@@H]3C2)c2cc[nH]c2n1. The van der Waals surface area contributed by atoms with Crippen LogP contribution in [0.2, 0.25) is 0 Å². The maximum atomic E-state index is 12.5. The largest absolute Gasteiger partial charge is 0.367 e. The maximum Gasteiger partial charge on any atom is 0.323 e. The van der Waals surface area contributed by atoms with Crippen LogP contribution in [-0.4, -0.2) is 54.8 Å². The summed E-state index contributed by atoms with van der Waals surface area (Å²) in [7, 11) is 1.84. The molecule has 1 saturated heterocycles. The quantitative estimate of drug-likeness (QED) is 0.647. The van der Waals surface area contributed by atoms with Gasteiger partial charge in [-0.1, -0.05) is 0 Å². The lowest BCUT2D eigenvalue weighted by Gasteiger charge is -2.20. The molecule has 3 N–H and O–H groups in total. The minimum Gasteiger partial charge on any atom is -0.367 e. The molecule has 0 spiro atoms. The summed E-state index contributed by atoms with van der Waals surface area (Å²) < 4.78 is 1.68. The highest BCUT2D eigenvalue weighted by Crippen LogP contribution is 2.39. The fraction of sp³-hybridized carbons (Fsp3) is 0.474. The Labute approximate surface area is 162 Å². The van der Waals surface area contributed by atoms with Crippen molar-refractivity contribution in [1.29, 1.82) is 0 Å². The molecule has 0 bridgehead atoms. The van der Waals surface area contributed by atoms with E-state index in [0.717, 1.165) is 48.6 Å². The number of aromatic nitrogens is 5. The molecule has 5 rings (SSSR count). The van der Waals surface area contributed by atoms with Gasteiger partial charge in [0.25, 0.3) is 0 Å². The predicted octanol–water partition coefficient (Wildman–Crippen LogP) is 2.35. The van der Waals surface area contributed by atoms with Crippen molar-refractivity contribution in [2.24, 2.45) is 18.9 Å². The fourth-order valence-electron chi connectivity index (χ4n) is 4.61. The molecule has 3 aromatic rings. The Morgan fingerprint density at radius 2 is 2.00 bits per heavy atom. The lowest BCUT2D eigenvalue weighted by Crippen LogP contribution is -2.34. The number of fused-ring (bicyclic) bond motifs is 2. The van der Waals surface area contributed by atoms with E-state index in [9.17, 15) is 4.79 Å². The van der Waals surface area contributed by atoms with Crippen molar-refractivity contribution in [1.82, 2.24) is 29.6 Å². The van der Waals surface area contributed by atoms with Gasteiger partial charge in [-0.25, -0.2) is 14.8 Å². The first-order valence-corrected chi connectivity index (χ1v) is 9.69. The summed E-state index contributed by atoms with van der Waals surface area (Å²) in [6.07, 6.45) is 5.81. The van der Waals surface area contributed by atoms with Crippen molar-refractivity contribution < 1.29 is 4.79 Å². The molecule has 2 aliphatic rings. The Balaban J connectivity index is 1.21. The summed E-state index contributed by atoms with van der Waals surface area (Å²) in [5, 5.41) is 11.8. The number of rotatable bonds is 3. The molecular formula is C19H24N8O. The smallest absolute Gasteiger partial charge is 0.323 e. The molecule has 1 saturated carbocycles. The Morgan fingerprint density at radius 1 is 1.21 bits per heavy atom. The second-order valence-electron chi connectivity index (χ2n) is 7.90. The Bertz CT molecular complexity index is 1010. The number of hydrogen-bond donors (Lipinski definition) is 3. The number of anilines is 2. The van der Waals surface area contributed by atoms with Crippen LogP contribution in [-0.2, 0) is 7.05 Å². The summed E-state index contributed by atoms with van der Waals surface area (Å²) in [6, 6.07) is 4.14.